The Morgan fingerprint density at radius 2 is 2.18 bits per heavy atom. The number of hydrogen-bond donors (Lipinski definition) is 1. The normalized spacial score (nSPS) is 28.0. The molecule has 22 heavy (non-hydrogen) atoms. The Morgan fingerprint density at radius 3 is 2.73 bits per heavy atom. The number of nitrogens with two attached hydrogens (primary N) is 1. The average Bonchev–Trinajstić information content (AvgIpc) is 3.13. The molecule has 1 aromatic rings. The summed E-state index contributed by atoms with van der Waals surface area (Å²) in [4.78, 5) is 15.2. The fraction of sp³-hybridized carbons (Fsp3) is 0.750. The van der Waals surface area contributed by atoms with Gasteiger partial charge >= 0.3 is 0 Å². The minimum absolute atomic E-state index is 0.148. The van der Waals surface area contributed by atoms with Crippen molar-refractivity contribution in [2.75, 3.05) is 32.8 Å². The number of aryl methyl sites for hydroxylation is 1. The van der Waals surface area contributed by atoms with Crippen molar-refractivity contribution in [3.8, 4) is 0 Å². The molecule has 2 fully saturated rings. The molecule has 2 unspecified atom stereocenters. The first-order chi connectivity index (χ1) is 10.6. The lowest BCUT2D eigenvalue weighted by Crippen LogP contribution is -2.49. The number of nitrogens with zero attached hydrogens (tertiary/aromatic N) is 2. The predicted molar refractivity (Wildman–Crippen MR) is 81.3 cm³/mol. The van der Waals surface area contributed by atoms with Crippen molar-refractivity contribution in [2.24, 2.45) is 17.6 Å². The second kappa shape index (κ2) is 6.01. The minimum atomic E-state index is -0.622. The third-order valence-electron chi connectivity index (χ3n) is 5.21. The van der Waals surface area contributed by atoms with Crippen LogP contribution in [0.2, 0.25) is 0 Å². The van der Waals surface area contributed by atoms with E-state index in [2.05, 4.69) is 12.1 Å². The van der Waals surface area contributed by atoms with Crippen molar-refractivity contribution in [3.05, 3.63) is 17.5 Å². The van der Waals surface area contributed by atoms with Crippen LogP contribution in [-0.2, 0) is 14.9 Å². The quantitative estimate of drug-likeness (QED) is 0.904. The molecule has 0 aromatic carbocycles. The number of rotatable bonds is 3. The lowest BCUT2D eigenvalue weighted by Gasteiger charge is -2.36. The lowest BCUT2D eigenvalue weighted by atomic mass is 9.76. The molecule has 2 atom stereocenters. The van der Waals surface area contributed by atoms with Gasteiger partial charge in [0.05, 0.1) is 5.69 Å². The highest BCUT2D eigenvalue weighted by atomic mass is 16.5. The fourth-order valence-corrected chi connectivity index (χ4v) is 3.68. The molecule has 2 aliphatic rings. The molecule has 0 saturated carbocycles. The highest BCUT2D eigenvalue weighted by Gasteiger charge is 2.49. The predicted octanol–water partition coefficient (Wildman–Crippen LogP) is 1.08. The van der Waals surface area contributed by atoms with Crippen molar-refractivity contribution in [1.82, 2.24) is 10.1 Å². The van der Waals surface area contributed by atoms with Gasteiger partial charge in [-0.05, 0) is 38.1 Å². The van der Waals surface area contributed by atoms with E-state index < -0.39 is 5.41 Å². The van der Waals surface area contributed by atoms with Crippen molar-refractivity contribution < 1.29 is 14.1 Å². The number of aromatic nitrogens is 1. The number of ether oxygens (including phenoxy) is 1. The van der Waals surface area contributed by atoms with E-state index in [1.807, 2.05) is 17.9 Å². The van der Waals surface area contributed by atoms with Crippen LogP contribution in [0.4, 0.5) is 0 Å². The van der Waals surface area contributed by atoms with Gasteiger partial charge in [0.25, 0.3) is 0 Å². The molecule has 122 valence electrons. The number of amides is 1. The van der Waals surface area contributed by atoms with Crippen LogP contribution in [0.1, 0.15) is 31.2 Å². The SMILES string of the molecule is Cc1cc(C2(C(=O)N3CC(C)C(CN)C3)CCOCC2)on1. The Hall–Kier alpha value is -1.40. The van der Waals surface area contributed by atoms with Gasteiger partial charge < -0.3 is 19.9 Å². The van der Waals surface area contributed by atoms with Crippen molar-refractivity contribution in [2.45, 2.75) is 32.1 Å². The van der Waals surface area contributed by atoms with Gasteiger partial charge in [0.15, 0.2) is 5.76 Å². The molecule has 0 radical (unpaired) electrons. The summed E-state index contributed by atoms with van der Waals surface area (Å²) in [7, 11) is 0. The van der Waals surface area contributed by atoms with Gasteiger partial charge in [0.1, 0.15) is 5.41 Å². The summed E-state index contributed by atoms with van der Waals surface area (Å²) in [6.45, 7) is 7.35. The Balaban J connectivity index is 1.88. The van der Waals surface area contributed by atoms with E-state index in [9.17, 15) is 4.79 Å². The fourth-order valence-electron chi connectivity index (χ4n) is 3.68. The molecular formula is C16H25N3O3. The first kappa shape index (κ1) is 15.5. The maximum Gasteiger partial charge on any atom is 0.236 e. The Labute approximate surface area is 131 Å². The number of carbonyl (C=O) groups excluding carboxylic acids is 1. The molecule has 6 nitrogen and oxygen atoms in total. The summed E-state index contributed by atoms with van der Waals surface area (Å²) in [5.41, 5.74) is 6.01. The molecule has 2 saturated heterocycles. The van der Waals surface area contributed by atoms with Crippen LogP contribution < -0.4 is 5.73 Å². The van der Waals surface area contributed by atoms with Crippen LogP contribution in [0.15, 0.2) is 10.6 Å². The Morgan fingerprint density at radius 1 is 1.45 bits per heavy atom. The van der Waals surface area contributed by atoms with Crippen molar-refractivity contribution in [3.63, 3.8) is 0 Å². The Bertz CT molecular complexity index is 536. The summed E-state index contributed by atoms with van der Waals surface area (Å²) in [5, 5.41) is 3.99. The largest absolute Gasteiger partial charge is 0.381 e. The maximum absolute atomic E-state index is 13.3. The van der Waals surface area contributed by atoms with Crippen LogP contribution >= 0.6 is 0 Å². The topological polar surface area (TPSA) is 81.6 Å². The van der Waals surface area contributed by atoms with E-state index in [1.165, 1.54) is 0 Å². The highest BCUT2D eigenvalue weighted by molar-refractivity contribution is 5.88. The lowest BCUT2D eigenvalue weighted by molar-refractivity contribution is -0.141. The van der Waals surface area contributed by atoms with E-state index in [1.54, 1.807) is 0 Å². The second-order valence-corrected chi connectivity index (χ2v) is 6.71. The first-order valence-electron chi connectivity index (χ1n) is 8.08. The van der Waals surface area contributed by atoms with Gasteiger partial charge in [0, 0.05) is 32.4 Å². The van der Waals surface area contributed by atoms with Gasteiger partial charge in [-0.25, -0.2) is 0 Å². The highest BCUT2D eigenvalue weighted by Crippen LogP contribution is 2.39. The average molecular weight is 307 g/mol. The van der Waals surface area contributed by atoms with Crippen molar-refractivity contribution in [1.29, 1.82) is 0 Å². The zero-order chi connectivity index (χ0) is 15.7. The third kappa shape index (κ3) is 2.54. The van der Waals surface area contributed by atoms with Crippen LogP contribution in [0.25, 0.3) is 0 Å². The Kier molecular flexibility index (Phi) is 4.23. The van der Waals surface area contributed by atoms with E-state index in [-0.39, 0.29) is 5.91 Å². The molecule has 2 aliphatic heterocycles. The summed E-state index contributed by atoms with van der Waals surface area (Å²) in [6, 6.07) is 1.89. The summed E-state index contributed by atoms with van der Waals surface area (Å²) < 4.78 is 11.0. The monoisotopic (exact) mass is 307 g/mol. The molecule has 6 heteroatoms. The van der Waals surface area contributed by atoms with Gasteiger partial charge in [0.2, 0.25) is 5.91 Å². The molecule has 1 amide bonds. The molecule has 0 spiro atoms. The third-order valence-corrected chi connectivity index (χ3v) is 5.21. The maximum atomic E-state index is 13.3. The zero-order valence-electron chi connectivity index (χ0n) is 13.4. The molecule has 0 bridgehead atoms. The number of likely N-dealkylation sites (tertiary alicyclic amines) is 1. The van der Waals surface area contributed by atoms with E-state index in [0.717, 1.165) is 18.8 Å². The molecule has 0 aliphatic carbocycles. The molecular weight excluding hydrogens is 282 g/mol. The van der Waals surface area contributed by atoms with E-state index in [0.29, 0.717) is 50.2 Å². The smallest absolute Gasteiger partial charge is 0.236 e. The van der Waals surface area contributed by atoms with Gasteiger partial charge in [-0.15, -0.1) is 0 Å². The first-order valence-corrected chi connectivity index (χ1v) is 8.08. The van der Waals surface area contributed by atoms with Crippen LogP contribution in [0.5, 0.6) is 0 Å². The van der Waals surface area contributed by atoms with Crippen LogP contribution in [-0.4, -0.2) is 48.8 Å². The molecule has 3 heterocycles. The molecule has 3 rings (SSSR count). The van der Waals surface area contributed by atoms with Gasteiger partial charge in [-0.2, -0.15) is 0 Å². The summed E-state index contributed by atoms with van der Waals surface area (Å²) in [6.07, 6.45) is 1.30. The number of carbonyl (C=O) groups is 1. The van der Waals surface area contributed by atoms with Crippen LogP contribution in [0.3, 0.4) is 0 Å². The number of hydrogen-bond acceptors (Lipinski definition) is 5. The zero-order valence-corrected chi connectivity index (χ0v) is 13.4. The summed E-state index contributed by atoms with van der Waals surface area (Å²) in [5.74, 6) is 1.66. The van der Waals surface area contributed by atoms with Gasteiger partial charge in [-0.3, -0.25) is 4.79 Å². The molecule has 2 N–H and O–H groups in total. The van der Waals surface area contributed by atoms with Gasteiger partial charge in [-0.1, -0.05) is 12.1 Å². The minimum Gasteiger partial charge on any atom is -0.381 e. The molecule has 1 aromatic heterocycles. The van der Waals surface area contributed by atoms with E-state index >= 15 is 0 Å². The van der Waals surface area contributed by atoms with Crippen LogP contribution in [0, 0.1) is 18.8 Å². The second-order valence-electron chi connectivity index (χ2n) is 6.71. The van der Waals surface area contributed by atoms with E-state index in [4.69, 9.17) is 15.0 Å². The standard InChI is InChI=1S/C16H25N3O3/c1-11-9-19(10-13(11)8-17)15(20)16(3-5-21-6-4-16)14-7-12(2)18-22-14/h7,11,13H,3-6,8-10,17H2,1-2H3. The summed E-state index contributed by atoms with van der Waals surface area (Å²) >= 11 is 0. The van der Waals surface area contributed by atoms with Crippen molar-refractivity contribution >= 4 is 5.91 Å².